The smallest absolute Gasteiger partial charge is 0.224 e. The van der Waals surface area contributed by atoms with E-state index in [1.54, 1.807) is 12.1 Å². The van der Waals surface area contributed by atoms with Gasteiger partial charge in [-0.3, -0.25) is 9.79 Å². The monoisotopic (exact) mass is 379 g/mol. The van der Waals surface area contributed by atoms with E-state index < -0.39 is 0 Å². The third-order valence-corrected chi connectivity index (χ3v) is 4.39. The van der Waals surface area contributed by atoms with E-state index in [1.807, 2.05) is 39.8 Å². The van der Waals surface area contributed by atoms with Crippen molar-refractivity contribution in [2.75, 3.05) is 46.8 Å². The Morgan fingerprint density at radius 2 is 1.74 bits per heavy atom. The zero-order valence-electron chi connectivity index (χ0n) is 17.3. The molecule has 0 fully saturated rings. The molecule has 1 aromatic rings. The zero-order chi connectivity index (χ0) is 20.2. The number of hydrogen-bond donors (Lipinski definition) is 2. The maximum atomic E-state index is 13.2. The van der Waals surface area contributed by atoms with Gasteiger partial charge in [-0.1, -0.05) is 12.1 Å². The van der Waals surface area contributed by atoms with Crippen LogP contribution < -0.4 is 10.6 Å². The molecule has 1 rings (SSSR count). The second-order valence-corrected chi connectivity index (χ2v) is 6.49. The van der Waals surface area contributed by atoms with E-state index in [1.165, 1.54) is 12.1 Å². The lowest BCUT2D eigenvalue weighted by atomic mass is 10.1. The molecule has 0 aliphatic rings. The first-order chi connectivity index (χ1) is 12.9. The first-order valence-corrected chi connectivity index (χ1v) is 9.64. The first-order valence-electron chi connectivity index (χ1n) is 9.64. The molecule has 0 aliphatic heterocycles. The number of guanidine groups is 1. The average Bonchev–Trinajstić information content (AvgIpc) is 2.64. The summed E-state index contributed by atoms with van der Waals surface area (Å²) in [4.78, 5) is 20.6. The summed E-state index contributed by atoms with van der Waals surface area (Å²) in [7, 11) is 3.96. The number of rotatable bonds is 10. The van der Waals surface area contributed by atoms with Crippen molar-refractivity contribution in [1.29, 1.82) is 0 Å². The van der Waals surface area contributed by atoms with Crippen LogP contribution in [-0.4, -0.2) is 68.5 Å². The molecular weight excluding hydrogens is 345 g/mol. The van der Waals surface area contributed by atoms with Crippen molar-refractivity contribution in [3.05, 3.63) is 35.6 Å². The molecule has 0 aromatic heterocycles. The van der Waals surface area contributed by atoms with E-state index in [-0.39, 0.29) is 17.8 Å². The van der Waals surface area contributed by atoms with E-state index in [9.17, 15) is 9.18 Å². The molecule has 0 radical (unpaired) electrons. The molecular formula is C20H34FN5O. The van der Waals surface area contributed by atoms with Crippen molar-refractivity contribution in [3.8, 4) is 0 Å². The fraction of sp³-hybridized carbons (Fsp3) is 0.600. The average molecular weight is 380 g/mol. The number of halogens is 1. The van der Waals surface area contributed by atoms with Gasteiger partial charge < -0.3 is 20.4 Å². The van der Waals surface area contributed by atoms with E-state index in [0.717, 1.165) is 25.2 Å². The fourth-order valence-corrected chi connectivity index (χ4v) is 2.79. The largest absolute Gasteiger partial charge is 0.357 e. The summed E-state index contributed by atoms with van der Waals surface area (Å²) >= 11 is 0. The number of benzene rings is 1. The van der Waals surface area contributed by atoms with Crippen molar-refractivity contribution in [3.63, 3.8) is 0 Å². The minimum atomic E-state index is -0.243. The maximum Gasteiger partial charge on any atom is 0.224 e. The van der Waals surface area contributed by atoms with E-state index in [4.69, 9.17) is 0 Å². The highest BCUT2D eigenvalue weighted by atomic mass is 19.1. The number of carbonyl (C=O) groups excluding carboxylic acids is 1. The standard InChI is InChI=1S/C20H34FN5O/c1-6-22-20(23-14-13-19(27)26(7-2)8-3)24-15-18(25(4)5)16-9-11-17(21)12-10-16/h9-12,18H,6-8,13-15H2,1-5H3,(H2,22,23,24). The van der Waals surface area contributed by atoms with Crippen LogP contribution in [0.3, 0.4) is 0 Å². The lowest BCUT2D eigenvalue weighted by molar-refractivity contribution is -0.130. The summed E-state index contributed by atoms with van der Waals surface area (Å²) in [5.41, 5.74) is 1.01. The topological polar surface area (TPSA) is 60.0 Å². The number of nitrogens with one attached hydrogen (secondary N) is 2. The van der Waals surface area contributed by atoms with Crippen LogP contribution in [-0.2, 0) is 4.79 Å². The molecule has 2 N–H and O–H groups in total. The van der Waals surface area contributed by atoms with Crippen molar-refractivity contribution in [2.24, 2.45) is 4.99 Å². The van der Waals surface area contributed by atoms with Gasteiger partial charge in [0.05, 0.1) is 12.6 Å². The van der Waals surface area contributed by atoms with E-state index in [0.29, 0.717) is 25.5 Å². The summed E-state index contributed by atoms with van der Waals surface area (Å²) in [5, 5.41) is 6.43. The van der Waals surface area contributed by atoms with E-state index in [2.05, 4.69) is 20.5 Å². The van der Waals surface area contributed by atoms with Gasteiger partial charge >= 0.3 is 0 Å². The van der Waals surface area contributed by atoms with Gasteiger partial charge in [-0.25, -0.2) is 4.39 Å². The van der Waals surface area contributed by atoms with Gasteiger partial charge in [0.1, 0.15) is 5.82 Å². The predicted molar refractivity (Wildman–Crippen MR) is 109 cm³/mol. The third kappa shape index (κ3) is 7.95. The van der Waals surface area contributed by atoms with Crippen molar-refractivity contribution in [2.45, 2.75) is 33.2 Å². The Morgan fingerprint density at radius 1 is 1.11 bits per heavy atom. The summed E-state index contributed by atoms with van der Waals surface area (Å²) in [6, 6.07) is 6.56. The Labute approximate surface area is 162 Å². The highest BCUT2D eigenvalue weighted by molar-refractivity contribution is 5.81. The van der Waals surface area contributed by atoms with Crippen LogP contribution >= 0.6 is 0 Å². The molecule has 1 amide bonds. The van der Waals surface area contributed by atoms with Crippen LogP contribution in [0.2, 0.25) is 0 Å². The van der Waals surface area contributed by atoms with Crippen molar-refractivity contribution >= 4 is 11.9 Å². The van der Waals surface area contributed by atoms with Gasteiger partial charge in [-0.05, 0) is 52.6 Å². The Balaban J connectivity index is 2.69. The number of amides is 1. The minimum absolute atomic E-state index is 0.0402. The first kappa shape index (κ1) is 22.9. The van der Waals surface area contributed by atoms with Crippen LogP contribution in [0, 0.1) is 5.82 Å². The molecule has 0 spiro atoms. The van der Waals surface area contributed by atoms with Crippen LogP contribution in [0.15, 0.2) is 29.3 Å². The lowest BCUT2D eigenvalue weighted by Gasteiger charge is -2.24. The van der Waals surface area contributed by atoms with Gasteiger partial charge in [0, 0.05) is 32.6 Å². The normalized spacial score (nSPS) is 12.8. The highest BCUT2D eigenvalue weighted by Crippen LogP contribution is 2.18. The predicted octanol–water partition coefficient (Wildman–Crippen LogP) is 2.24. The van der Waals surface area contributed by atoms with Crippen molar-refractivity contribution < 1.29 is 9.18 Å². The second kappa shape index (κ2) is 12.3. The van der Waals surface area contributed by atoms with Crippen LogP contribution in [0.25, 0.3) is 0 Å². The molecule has 0 saturated carbocycles. The molecule has 1 unspecified atom stereocenters. The van der Waals surface area contributed by atoms with Crippen molar-refractivity contribution in [1.82, 2.24) is 20.4 Å². The number of aliphatic imine (C=N–C) groups is 1. The molecule has 0 bridgehead atoms. The Morgan fingerprint density at radius 3 is 2.26 bits per heavy atom. The zero-order valence-corrected chi connectivity index (χ0v) is 17.3. The second-order valence-electron chi connectivity index (χ2n) is 6.49. The molecule has 152 valence electrons. The maximum absolute atomic E-state index is 13.2. The number of nitrogens with zero attached hydrogens (tertiary/aromatic N) is 3. The molecule has 1 aromatic carbocycles. The minimum Gasteiger partial charge on any atom is -0.357 e. The Kier molecular flexibility index (Phi) is 10.4. The van der Waals surface area contributed by atoms with Gasteiger partial charge in [0.25, 0.3) is 0 Å². The van der Waals surface area contributed by atoms with E-state index >= 15 is 0 Å². The highest BCUT2D eigenvalue weighted by Gasteiger charge is 2.14. The number of likely N-dealkylation sites (N-methyl/N-ethyl adjacent to an activating group) is 1. The number of hydrogen-bond acceptors (Lipinski definition) is 3. The lowest BCUT2D eigenvalue weighted by Crippen LogP contribution is -2.40. The molecule has 6 nitrogen and oxygen atoms in total. The quantitative estimate of drug-likeness (QED) is 0.484. The number of carbonyl (C=O) groups is 1. The van der Waals surface area contributed by atoms with Crippen LogP contribution in [0.1, 0.15) is 38.8 Å². The van der Waals surface area contributed by atoms with Gasteiger partial charge in [-0.15, -0.1) is 0 Å². The fourth-order valence-electron chi connectivity index (χ4n) is 2.79. The molecule has 1 atom stereocenters. The summed E-state index contributed by atoms with van der Waals surface area (Å²) in [5.74, 6) is 0.576. The van der Waals surface area contributed by atoms with Gasteiger partial charge in [0.15, 0.2) is 5.96 Å². The van der Waals surface area contributed by atoms with Gasteiger partial charge in [-0.2, -0.15) is 0 Å². The summed E-state index contributed by atoms with van der Waals surface area (Å²) in [6.45, 7) is 9.22. The van der Waals surface area contributed by atoms with Crippen LogP contribution in [0.5, 0.6) is 0 Å². The van der Waals surface area contributed by atoms with Crippen LogP contribution in [0.4, 0.5) is 4.39 Å². The molecule has 0 heterocycles. The summed E-state index contributed by atoms with van der Waals surface area (Å²) in [6.07, 6.45) is 0.432. The van der Waals surface area contributed by atoms with Gasteiger partial charge in [0.2, 0.25) is 5.91 Å². The molecule has 0 saturated heterocycles. The summed E-state index contributed by atoms with van der Waals surface area (Å²) < 4.78 is 13.2. The Hall–Kier alpha value is -2.15. The third-order valence-electron chi connectivity index (χ3n) is 4.39. The SMILES string of the molecule is CCNC(=NCC(c1ccc(F)cc1)N(C)C)NCCC(=O)N(CC)CC. The molecule has 27 heavy (non-hydrogen) atoms. The Bertz CT molecular complexity index is 585. The molecule has 0 aliphatic carbocycles. The molecule has 7 heteroatoms.